The van der Waals surface area contributed by atoms with Crippen LogP contribution < -0.4 is 0 Å². The Morgan fingerprint density at radius 3 is 2.50 bits per heavy atom. The Kier molecular flexibility index (Phi) is 4.99. The first-order chi connectivity index (χ1) is 7.59. The zero-order valence-electron chi connectivity index (χ0n) is 10.1. The second-order valence-electron chi connectivity index (χ2n) is 4.10. The van der Waals surface area contributed by atoms with Gasteiger partial charge in [-0.05, 0) is 19.4 Å². The van der Waals surface area contributed by atoms with Crippen molar-refractivity contribution in [3.8, 4) is 0 Å². The molecule has 1 aromatic rings. The fraction of sp³-hybridized carbons (Fsp3) is 0.462. The molecule has 0 radical (unpaired) electrons. The molecule has 0 saturated heterocycles. The Morgan fingerprint density at radius 2 is 1.94 bits per heavy atom. The minimum atomic E-state index is 0.0116. The first-order valence-corrected chi connectivity index (χ1v) is 5.49. The lowest BCUT2D eigenvalue weighted by Gasteiger charge is -2.18. The van der Waals surface area contributed by atoms with Crippen LogP contribution in [-0.2, 0) is 16.1 Å². The highest BCUT2D eigenvalue weighted by atomic mass is 16.5. The van der Waals surface area contributed by atoms with E-state index in [4.69, 9.17) is 4.74 Å². The molecule has 0 aliphatic carbocycles. The van der Waals surface area contributed by atoms with E-state index in [0.717, 1.165) is 5.56 Å². The molecule has 88 valence electrons. The molecule has 0 spiro atoms. The third kappa shape index (κ3) is 4.45. The van der Waals surface area contributed by atoms with E-state index in [1.54, 1.807) is 11.9 Å². The van der Waals surface area contributed by atoms with E-state index in [1.807, 2.05) is 44.2 Å². The Hall–Kier alpha value is -1.35. The average Bonchev–Trinajstić information content (AvgIpc) is 2.27. The predicted molar refractivity (Wildman–Crippen MR) is 64.0 cm³/mol. The van der Waals surface area contributed by atoms with Gasteiger partial charge < -0.3 is 9.64 Å². The molecular weight excluding hydrogens is 202 g/mol. The monoisotopic (exact) mass is 221 g/mol. The van der Waals surface area contributed by atoms with Crippen molar-refractivity contribution in [3.63, 3.8) is 0 Å². The van der Waals surface area contributed by atoms with Crippen LogP contribution in [0, 0.1) is 0 Å². The van der Waals surface area contributed by atoms with Crippen molar-refractivity contribution in [1.82, 2.24) is 4.90 Å². The van der Waals surface area contributed by atoms with Gasteiger partial charge in [0.2, 0.25) is 5.91 Å². The Bertz CT molecular complexity index is 322. The molecule has 0 N–H and O–H groups in total. The van der Waals surface area contributed by atoms with Gasteiger partial charge in [0.15, 0.2) is 0 Å². The van der Waals surface area contributed by atoms with Gasteiger partial charge in [0.25, 0.3) is 0 Å². The molecule has 0 aliphatic heterocycles. The molecule has 0 atom stereocenters. The molecule has 0 heterocycles. The number of carbonyl (C=O) groups is 1. The van der Waals surface area contributed by atoms with E-state index in [9.17, 15) is 4.79 Å². The summed E-state index contributed by atoms with van der Waals surface area (Å²) in [4.78, 5) is 13.3. The summed E-state index contributed by atoms with van der Waals surface area (Å²) in [6.45, 7) is 4.62. The van der Waals surface area contributed by atoms with Crippen LogP contribution in [0.5, 0.6) is 0 Å². The average molecular weight is 221 g/mol. The maximum Gasteiger partial charge on any atom is 0.248 e. The fourth-order valence-corrected chi connectivity index (χ4v) is 1.29. The topological polar surface area (TPSA) is 29.5 Å². The van der Waals surface area contributed by atoms with Crippen LogP contribution in [-0.4, -0.2) is 30.6 Å². The van der Waals surface area contributed by atoms with Gasteiger partial charge >= 0.3 is 0 Å². The molecule has 0 fully saturated rings. The van der Waals surface area contributed by atoms with Gasteiger partial charge in [-0.2, -0.15) is 0 Å². The van der Waals surface area contributed by atoms with Gasteiger partial charge in [-0.25, -0.2) is 0 Å². The predicted octanol–water partition coefficient (Wildman–Crippen LogP) is 2.07. The molecule has 0 aromatic heterocycles. The number of ether oxygens (including phenoxy) is 1. The summed E-state index contributed by atoms with van der Waals surface area (Å²) in [6, 6.07) is 9.92. The quantitative estimate of drug-likeness (QED) is 0.761. The number of nitrogens with zero attached hydrogens (tertiary/aromatic N) is 1. The Balaban J connectivity index is 2.40. The molecule has 0 aliphatic rings. The van der Waals surface area contributed by atoms with Crippen molar-refractivity contribution < 1.29 is 9.53 Å². The van der Waals surface area contributed by atoms with Crippen molar-refractivity contribution in [2.75, 3.05) is 13.7 Å². The molecule has 3 heteroatoms. The highest BCUT2D eigenvalue weighted by Crippen LogP contribution is 2.03. The summed E-state index contributed by atoms with van der Waals surface area (Å²) in [5, 5.41) is 0. The summed E-state index contributed by atoms with van der Waals surface area (Å²) in [7, 11) is 1.79. The van der Waals surface area contributed by atoms with Crippen molar-refractivity contribution in [2.45, 2.75) is 26.5 Å². The minimum Gasteiger partial charge on any atom is -0.369 e. The minimum absolute atomic E-state index is 0.0116. The van der Waals surface area contributed by atoms with Crippen LogP contribution in [0.15, 0.2) is 30.3 Å². The summed E-state index contributed by atoms with van der Waals surface area (Å²) >= 11 is 0. The van der Waals surface area contributed by atoms with E-state index in [-0.39, 0.29) is 18.6 Å². The fourth-order valence-electron chi connectivity index (χ4n) is 1.29. The summed E-state index contributed by atoms with van der Waals surface area (Å²) in [6.07, 6.45) is 0.0917. The zero-order valence-corrected chi connectivity index (χ0v) is 10.1. The van der Waals surface area contributed by atoms with E-state index in [0.29, 0.717) is 6.54 Å². The van der Waals surface area contributed by atoms with Crippen molar-refractivity contribution in [3.05, 3.63) is 35.9 Å². The van der Waals surface area contributed by atoms with Crippen molar-refractivity contribution in [2.24, 2.45) is 0 Å². The van der Waals surface area contributed by atoms with E-state index < -0.39 is 0 Å². The molecule has 16 heavy (non-hydrogen) atoms. The Morgan fingerprint density at radius 1 is 1.31 bits per heavy atom. The highest BCUT2D eigenvalue weighted by Gasteiger charge is 2.09. The maximum absolute atomic E-state index is 11.7. The molecular formula is C13H19NO2. The summed E-state index contributed by atoms with van der Waals surface area (Å²) in [5.74, 6) is 0.0116. The smallest absolute Gasteiger partial charge is 0.248 e. The second-order valence-corrected chi connectivity index (χ2v) is 4.10. The van der Waals surface area contributed by atoms with Crippen LogP contribution in [0.2, 0.25) is 0 Å². The van der Waals surface area contributed by atoms with Crippen LogP contribution in [0.25, 0.3) is 0 Å². The van der Waals surface area contributed by atoms with Crippen LogP contribution in [0.4, 0.5) is 0 Å². The molecule has 0 bridgehead atoms. The third-order valence-corrected chi connectivity index (χ3v) is 2.23. The molecule has 0 saturated carbocycles. The van der Waals surface area contributed by atoms with Crippen LogP contribution >= 0.6 is 0 Å². The SMILES string of the molecule is CC(C)OCC(=O)N(C)Cc1ccccc1. The maximum atomic E-state index is 11.7. The van der Waals surface area contributed by atoms with Gasteiger partial charge in [-0.3, -0.25) is 4.79 Å². The van der Waals surface area contributed by atoms with Gasteiger partial charge in [-0.1, -0.05) is 30.3 Å². The highest BCUT2D eigenvalue weighted by molar-refractivity contribution is 5.77. The molecule has 1 amide bonds. The summed E-state index contributed by atoms with van der Waals surface area (Å²) < 4.78 is 5.27. The normalized spacial score (nSPS) is 10.5. The molecule has 1 aromatic carbocycles. The Labute approximate surface area is 97.0 Å². The number of hydrogen-bond acceptors (Lipinski definition) is 2. The van der Waals surface area contributed by atoms with Gasteiger partial charge in [-0.15, -0.1) is 0 Å². The van der Waals surface area contributed by atoms with Gasteiger partial charge in [0.05, 0.1) is 6.10 Å². The number of carbonyl (C=O) groups excluding carboxylic acids is 1. The standard InChI is InChI=1S/C13H19NO2/c1-11(2)16-10-13(15)14(3)9-12-7-5-4-6-8-12/h4-8,11H,9-10H2,1-3H3. The zero-order chi connectivity index (χ0) is 12.0. The van der Waals surface area contributed by atoms with E-state index in [1.165, 1.54) is 0 Å². The number of hydrogen-bond donors (Lipinski definition) is 0. The number of rotatable bonds is 5. The third-order valence-electron chi connectivity index (χ3n) is 2.23. The van der Waals surface area contributed by atoms with Gasteiger partial charge in [0.1, 0.15) is 6.61 Å². The second kappa shape index (κ2) is 6.28. The molecule has 1 rings (SSSR count). The lowest BCUT2D eigenvalue weighted by atomic mass is 10.2. The van der Waals surface area contributed by atoms with Crippen LogP contribution in [0.1, 0.15) is 19.4 Å². The van der Waals surface area contributed by atoms with Gasteiger partial charge in [0, 0.05) is 13.6 Å². The molecule has 0 unspecified atom stereocenters. The van der Waals surface area contributed by atoms with E-state index in [2.05, 4.69) is 0 Å². The number of likely N-dealkylation sites (N-methyl/N-ethyl adjacent to an activating group) is 1. The lowest BCUT2D eigenvalue weighted by Crippen LogP contribution is -2.30. The summed E-state index contributed by atoms with van der Waals surface area (Å²) in [5.41, 5.74) is 1.13. The van der Waals surface area contributed by atoms with Crippen molar-refractivity contribution >= 4 is 5.91 Å². The largest absolute Gasteiger partial charge is 0.369 e. The van der Waals surface area contributed by atoms with E-state index >= 15 is 0 Å². The number of amides is 1. The van der Waals surface area contributed by atoms with Crippen molar-refractivity contribution in [1.29, 1.82) is 0 Å². The molecule has 3 nitrogen and oxygen atoms in total. The van der Waals surface area contributed by atoms with Crippen LogP contribution in [0.3, 0.4) is 0 Å². The first kappa shape index (κ1) is 12.7. The number of benzene rings is 1. The lowest BCUT2D eigenvalue weighted by molar-refractivity contribution is -0.136. The first-order valence-electron chi connectivity index (χ1n) is 5.49.